The van der Waals surface area contributed by atoms with E-state index in [-0.39, 0.29) is 11.9 Å². The van der Waals surface area contributed by atoms with Crippen molar-refractivity contribution in [1.82, 2.24) is 4.90 Å². The molecule has 1 amide bonds. The predicted octanol–water partition coefficient (Wildman–Crippen LogP) is 4.09. The first-order chi connectivity index (χ1) is 15.1. The number of nitrogens with one attached hydrogen (secondary N) is 2. The fourth-order valence-corrected chi connectivity index (χ4v) is 4.94. The number of benzene rings is 2. The Labute approximate surface area is 188 Å². The van der Waals surface area contributed by atoms with Gasteiger partial charge < -0.3 is 20.1 Å². The van der Waals surface area contributed by atoms with Gasteiger partial charge in [0, 0.05) is 60.1 Å². The molecule has 6 nitrogen and oxygen atoms in total. The third kappa shape index (κ3) is 4.99. The molecule has 0 bridgehead atoms. The molecule has 2 aromatic carbocycles. The van der Waals surface area contributed by atoms with Crippen molar-refractivity contribution in [2.45, 2.75) is 19.5 Å². The van der Waals surface area contributed by atoms with Crippen molar-refractivity contribution in [1.29, 1.82) is 0 Å². The maximum Gasteiger partial charge on any atom is 0.256 e. The number of rotatable bonds is 7. The van der Waals surface area contributed by atoms with E-state index in [9.17, 15) is 4.79 Å². The lowest BCUT2D eigenvalue weighted by molar-refractivity contribution is -0.110. The van der Waals surface area contributed by atoms with E-state index in [1.54, 1.807) is 20.3 Å². The maximum atomic E-state index is 12.6. The molecule has 0 aromatic heterocycles. The lowest BCUT2D eigenvalue weighted by atomic mass is 10.0. The molecule has 0 radical (unpaired) electrons. The highest BCUT2D eigenvalue weighted by molar-refractivity contribution is 7.99. The van der Waals surface area contributed by atoms with E-state index >= 15 is 0 Å². The molecule has 0 spiro atoms. The van der Waals surface area contributed by atoms with E-state index in [1.807, 2.05) is 30.8 Å². The van der Waals surface area contributed by atoms with Crippen molar-refractivity contribution < 1.29 is 14.3 Å². The maximum absolute atomic E-state index is 12.6. The van der Waals surface area contributed by atoms with Gasteiger partial charge in [-0.3, -0.25) is 9.69 Å². The first-order valence-electron chi connectivity index (χ1n) is 10.5. The topological polar surface area (TPSA) is 62.8 Å². The fourth-order valence-electron chi connectivity index (χ4n) is 3.96. The van der Waals surface area contributed by atoms with Crippen molar-refractivity contribution in [3.05, 3.63) is 53.6 Å². The summed E-state index contributed by atoms with van der Waals surface area (Å²) in [6.45, 7) is 5.37. The summed E-state index contributed by atoms with van der Waals surface area (Å²) in [6.07, 6.45) is 1.95. The number of fused-ring (bicyclic) bond motifs is 1. The molecular formula is C24H29N3O3S. The first-order valence-corrected chi connectivity index (χ1v) is 11.7. The highest BCUT2D eigenvalue weighted by Gasteiger charge is 2.27. The van der Waals surface area contributed by atoms with Gasteiger partial charge >= 0.3 is 0 Å². The second-order valence-corrected chi connectivity index (χ2v) is 9.03. The molecule has 2 aromatic rings. The van der Waals surface area contributed by atoms with Gasteiger partial charge in [-0.05, 0) is 36.8 Å². The van der Waals surface area contributed by atoms with Crippen LogP contribution in [0.4, 0.5) is 11.4 Å². The number of hydrogen-bond donors (Lipinski definition) is 2. The molecule has 1 saturated heterocycles. The van der Waals surface area contributed by atoms with E-state index in [2.05, 4.69) is 39.8 Å². The second kappa shape index (κ2) is 9.66. The van der Waals surface area contributed by atoms with Crippen molar-refractivity contribution in [3.63, 3.8) is 0 Å². The third-order valence-corrected chi connectivity index (χ3v) is 6.52. The van der Waals surface area contributed by atoms with Crippen LogP contribution >= 0.6 is 11.8 Å². The third-order valence-electron chi connectivity index (χ3n) is 5.58. The lowest BCUT2D eigenvalue weighted by Crippen LogP contribution is -2.31. The lowest BCUT2D eigenvalue weighted by Gasteiger charge is -2.26. The van der Waals surface area contributed by atoms with Crippen LogP contribution in [-0.4, -0.2) is 55.7 Å². The molecule has 2 aliphatic heterocycles. The van der Waals surface area contributed by atoms with Crippen LogP contribution in [-0.2, 0) is 11.3 Å². The summed E-state index contributed by atoms with van der Waals surface area (Å²) in [7, 11) is 3.18. The number of methoxy groups -OCH3 is 2. The molecule has 1 atom stereocenters. The summed E-state index contributed by atoms with van der Waals surface area (Å²) in [5.74, 6) is 3.53. The Hall–Kier alpha value is -2.64. The van der Waals surface area contributed by atoms with Gasteiger partial charge in [0.15, 0.2) is 11.5 Å². The summed E-state index contributed by atoms with van der Waals surface area (Å²) >= 11 is 2.03. The molecule has 0 aliphatic carbocycles. The molecule has 31 heavy (non-hydrogen) atoms. The minimum Gasteiger partial charge on any atom is -0.493 e. The largest absolute Gasteiger partial charge is 0.493 e. The van der Waals surface area contributed by atoms with Crippen molar-refractivity contribution in [2.75, 3.05) is 49.4 Å². The van der Waals surface area contributed by atoms with Gasteiger partial charge in [-0.15, -0.1) is 0 Å². The Morgan fingerprint density at radius 1 is 1.13 bits per heavy atom. The summed E-state index contributed by atoms with van der Waals surface area (Å²) in [5.41, 5.74) is 4.56. The minimum atomic E-state index is -0.117. The monoisotopic (exact) mass is 439 g/mol. The summed E-state index contributed by atoms with van der Waals surface area (Å²) in [4.78, 5) is 15.1. The predicted molar refractivity (Wildman–Crippen MR) is 128 cm³/mol. The molecule has 1 fully saturated rings. The number of amides is 1. The number of nitrogens with zero attached hydrogens (tertiary/aromatic N) is 1. The Bertz CT molecular complexity index is 969. The quantitative estimate of drug-likeness (QED) is 0.634. The summed E-state index contributed by atoms with van der Waals surface area (Å²) < 4.78 is 10.7. The number of hydrogen-bond acceptors (Lipinski definition) is 6. The SMILES string of the molecule is COc1cc2c(cc1OC)C(=CC(C)Nc1ccc(CN3CCSCC3)cc1)C(=O)N2. The standard InChI is InChI=1S/C24H29N3O3S/c1-16(25-18-6-4-17(5-7-18)15-27-8-10-31-11-9-27)12-20-19-13-22(29-2)23(30-3)14-21(19)26-24(20)28/h4-7,12-14,16,25H,8-11,15H2,1-3H3,(H,26,28). The number of carbonyl (C=O) groups excluding carboxylic acids is 1. The van der Waals surface area contributed by atoms with Crippen molar-refractivity contribution >= 4 is 34.6 Å². The van der Waals surface area contributed by atoms with Crippen LogP contribution < -0.4 is 20.1 Å². The molecular weight excluding hydrogens is 410 g/mol. The Balaban J connectivity index is 1.44. The Morgan fingerprint density at radius 2 is 1.81 bits per heavy atom. The van der Waals surface area contributed by atoms with Crippen LogP contribution in [0.5, 0.6) is 11.5 Å². The summed E-state index contributed by atoms with van der Waals surface area (Å²) in [6, 6.07) is 12.2. The molecule has 2 N–H and O–H groups in total. The smallest absolute Gasteiger partial charge is 0.256 e. The first kappa shape index (κ1) is 21.6. The van der Waals surface area contributed by atoms with Gasteiger partial charge in [-0.2, -0.15) is 11.8 Å². The van der Waals surface area contributed by atoms with E-state index in [0.717, 1.165) is 36.6 Å². The van der Waals surface area contributed by atoms with Crippen LogP contribution in [0.3, 0.4) is 0 Å². The average Bonchev–Trinajstić information content (AvgIpc) is 3.08. The molecule has 164 valence electrons. The van der Waals surface area contributed by atoms with E-state index in [0.29, 0.717) is 17.1 Å². The molecule has 2 aliphatic rings. The van der Waals surface area contributed by atoms with Crippen LogP contribution in [0.25, 0.3) is 5.57 Å². The second-order valence-electron chi connectivity index (χ2n) is 7.81. The molecule has 1 unspecified atom stereocenters. The zero-order valence-corrected chi connectivity index (χ0v) is 19.1. The molecule has 7 heteroatoms. The van der Waals surface area contributed by atoms with Gasteiger partial charge in [0.1, 0.15) is 0 Å². The number of thioether (sulfide) groups is 1. The molecule has 0 saturated carbocycles. The van der Waals surface area contributed by atoms with Gasteiger partial charge in [0.2, 0.25) is 0 Å². The van der Waals surface area contributed by atoms with Crippen LogP contribution in [0.1, 0.15) is 18.1 Å². The summed E-state index contributed by atoms with van der Waals surface area (Å²) in [5, 5.41) is 6.39. The fraction of sp³-hybridized carbons (Fsp3) is 0.375. The van der Waals surface area contributed by atoms with Crippen molar-refractivity contribution in [3.8, 4) is 11.5 Å². The zero-order chi connectivity index (χ0) is 21.8. The zero-order valence-electron chi connectivity index (χ0n) is 18.2. The Kier molecular flexibility index (Phi) is 6.73. The van der Waals surface area contributed by atoms with E-state index < -0.39 is 0 Å². The normalized spacial score (nSPS) is 18.4. The van der Waals surface area contributed by atoms with Gasteiger partial charge in [-0.25, -0.2) is 0 Å². The highest BCUT2D eigenvalue weighted by atomic mass is 32.2. The van der Waals surface area contributed by atoms with Gasteiger partial charge in [0.05, 0.1) is 19.9 Å². The van der Waals surface area contributed by atoms with Crippen LogP contribution in [0.15, 0.2) is 42.5 Å². The molecule has 4 rings (SSSR count). The highest BCUT2D eigenvalue weighted by Crippen LogP contribution is 2.40. The average molecular weight is 440 g/mol. The van der Waals surface area contributed by atoms with Gasteiger partial charge in [-0.1, -0.05) is 12.1 Å². The van der Waals surface area contributed by atoms with Crippen LogP contribution in [0, 0.1) is 0 Å². The van der Waals surface area contributed by atoms with Crippen molar-refractivity contribution in [2.24, 2.45) is 0 Å². The van der Waals surface area contributed by atoms with E-state index in [1.165, 1.54) is 17.1 Å². The minimum absolute atomic E-state index is 0.0234. The number of carbonyl (C=O) groups is 1. The van der Waals surface area contributed by atoms with E-state index in [4.69, 9.17) is 9.47 Å². The number of anilines is 2. The van der Waals surface area contributed by atoms with Crippen LogP contribution in [0.2, 0.25) is 0 Å². The Morgan fingerprint density at radius 3 is 2.48 bits per heavy atom. The van der Waals surface area contributed by atoms with Gasteiger partial charge in [0.25, 0.3) is 5.91 Å². The molecule has 2 heterocycles. The number of ether oxygens (including phenoxy) is 2.